The maximum absolute atomic E-state index is 10.1. The number of aromatic nitrogens is 3. The van der Waals surface area contributed by atoms with Crippen molar-refractivity contribution in [3.8, 4) is 11.5 Å². The number of hydrogen-bond acceptors (Lipinski definition) is 4. The molecule has 8 heteroatoms. The predicted octanol–water partition coefficient (Wildman–Crippen LogP) is 5.00. The molecule has 25 heavy (non-hydrogen) atoms. The van der Waals surface area contributed by atoms with Crippen molar-refractivity contribution in [2.45, 2.75) is 19.1 Å². The number of benzene rings is 2. The van der Waals surface area contributed by atoms with Gasteiger partial charge in [0.05, 0.1) is 11.1 Å². The van der Waals surface area contributed by atoms with Crippen molar-refractivity contribution in [1.29, 1.82) is 0 Å². The van der Waals surface area contributed by atoms with E-state index in [2.05, 4.69) is 10.1 Å². The Kier molecular flexibility index (Phi) is 5.49. The van der Waals surface area contributed by atoms with Crippen LogP contribution in [0.25, 0.3) is 0 Å². The van der Waals surface area contributed by atoms with Crippen LogP contribution in [0.3, 0.4) is 0 Å². The molecule has 5 nitrogen and oxygen atoms in total. The van der Waals surface area contributed by atoms with E-state index >= 15 is 0 Å². The third-order valence-electron chi connectivity index (χ3n) is 3.59. The Hall–Kier alpha value is -1.79. The van der Waals surface area contributed by atoms with E-state index in [0.29, 0.717) is 32.1 Å². The van der Waals surface area contributed by atoms with Gasteiger partial charge < -0.3 is 9.84 Å². The van der Waals surface area contributed by atoms with Gasteiger partial charge in [-0.05, 0) is 42.8 Å². The zero-order valence-corrected chi connectivity index (χ0v) is 15.4. The maximum atomic E-state index is 10.1. The smallest absolute Gasteiger partial charge is 0.146 e. The predicted molar refractivity (Wildman–Crippen MR) is 97.8 cm³/mol. The first kappa shape index (κ1) is 18.0. The SMILES string of the molecule is CC(O)C(c1ccc(Oc2ccc(Cl)cc2Cl)cc1Cl)n1cncn1. The van der Waals surface area contributed by atoms with Crippen molar-refractivity contribution >= 4 is 34.8 Å². The first-order valence-corrected chi connectivity index (χ1v) is 8.53. The molecule has 0 bridgehead atoms. The molecule has 0 radical (unpaired) electrons. The number of ether oxygens (including phenoxy) is 1. The van der Waals surface area contributed by atoms with Crippen molar-refractivity contribution in [2.24, 2.45) is 0 Å². The van der Waals surface area contributed by atoms with Crippen LogP contribution in [0.4, 0.5) is 0 Å². The van der Waals surface area contributed by atoms with E-state index in [1.807, 2.05) is 0 Å². The Morgan fingerprint density at radius 3 is 2.48 bits per heavy atom. The lowest BCUT2D eigenvalue weighted by molar-refractivity contribution is 0.142. The summed E-state index contributed by atoms with van der Waals surface area (Å²) < 4.78 is 7.32. The summed E-state index contributed by atoms with van der Waals surface area (Å²) in [6, 6.07) is 9.70. The fourth-order valence-electron chi connectivity index (χ4n) is 2.48. The zero-order valence-electron chi connectivity index (χ0n) is 13.1. The van der Waals surface area contributed by atoms with Crippen LogP contribution in [0.5, 0.6) is 11.5 Å². The molecule has 0 amide bonds. The van der Waals surface area contributed by atoms with Crippen molar-refractivity contribution in [2.75, 3.05) is 0 Å². The Morgan fingerprint density at radius 2 is 1.88 bits per heavy atom. The molecule has 2 unspecified atom stereocenters. The molecule has 3 rings (SSSR count). The summed E-state index contributed by atoms with van der Waals surface area (Å²) in [6.07, 6.45) is 2.23. The van der Waals surface area contributed by atoms with Gasteiger partial charge in [0.2, 0.25) is 0 Å². The summed E-state index contributed by atoms with van der Waals surface area (Å²) in [5.41, 5.74) is 0.705. The molecule has 130 valence electrons. The number of aliphatic hydroxyl groups excluding tert-OH is 1. The number of hydrogen-bond donors (Lipinski definition) is 1. The van der Waals surface area contributed by atoms with Gasteiger partial charge >= 0.3 is 0 Å². The summed E-state index contributed by atoms with van der Waals surface area (Å²) >= 11 is 18.4. The first-order chi connectivity index (χ1) is 12.0. The molecular formula is C17H14Cl3N3O2. The third kappa shape index (κ3) is 4.07. The topological polar surface area (TPSA) is 60.2 Å². The second-order valence-electron chi connectivity index (χ2n) is 5.42. The van der Waals surface area contributed by atoms with Crippen LogP contribution >= 0.6 is 34.8 Å². The van der Waals surface area contributed by atoms with E-state index in [-0.39, 0.29) is 0 Å². The van der Waals surface area contributed by atoms with E-state index < -0.39 is 12.1 Å². The molecule has 0 saturated heterocycles. The molecule has 2 aromatic carbocycles. The van der Waals surface area contributed by atoms with E-state index in [0.717, 1.165) is 0 Å². The van der Waals surface area contributed by atoms with Gasteiger partial charge in [0.25, 0.3) is 0 Å². The molecular weight excluding hydrogens is 385 g/mol. The van der Waals surface area contributed by atoms with Gasteiger partial charge in [0.1, 0.15) is 30.2 Å². The van der Waals surface area contributed by atoms with Gasteiger partial charge in [-0.2, -0.15) is 5.10 Å². The minimum atomic E-state index is -0.711. The first-order valence-electron chi connectivity index (χ1n) is 7.40. The number of aliphatic hydroxyl groups is 1. The van der Waals surface area contributed by atoms with Crippen molar-refractivity contribution < 1.29 is 9.84 Å². The second-order valence-corrected chi connectivity index (χ2v) is 6.67. The van der Waals surface area contributed by atoms with Crippen LogP contribution < -0.4 is 4.74 Å². The van der Waals surface area contributed by atoms with Crippen molar-refractivity contribution in [3.63, 3.8) is 0 Å². The van der Waals surface area contributed by atoms with Crippen LogP contribution in [-0.4, -0.2) is 26.0 Å². The molecule has 1 heterocycles. The highest BCUT2D eigenvalue weighted by atomic mass is 35.5. The highest BCUT2D eigenvalue weighted by Gasteiger charge is 2.23. The minimum Gasteiger partial charge on any atom is -0.456 e. The average Bonchev–Trinajstić information content (AvgIpc) is 3.06. The van der Waals surface area contributed by atoms with Gasteiger partial charge in [-0.1, -0.05) is 40.9 Å². The lowest BCUT2D eigenvalue weighted by Gasteiger charge is -2.22. The second kappa shape index (κ2) is 7.62. The molecule has 0 aliphatic carbocycles. The quantitative estimate of drug-likeness (QED) is 0.657. The van der Waals surface area contributed by atoms with Gasteiger partial charge in [-0.3, -0.25) is 0 Å². The Labute approximate surface area is 159 Å². The standard InChI is InChI=1S/C17H14Cl3N3O2/c1-10(24)17(23-9-21-8-22-23)13-4-3-12(7-14(13)19)25-16-5-2-11(18)6-15(16)20/h2-10,17,24H,1H3. The van der Waals surface area contributed by atoms with E-state index in [4.69, 9.17) is 39.5 Å². The van der Waals surface area contributed by atoms with Gasteiger partial charge in [-0.25, -0.2) is 9.67 Å². The van der Waals surface area contributed by atoms with Crippen molar-refractivity contribution in [3.05, 3.63) is 69.7 Å². The monoisotopic (exact) mass is 397 g/mol. The van der Waals surface area contributed by atoms with E-state index in [1.54, 1.807) is 48.0 Å². The highest BCUT2D eigenvalue weighted by molar-refractivity contribution is 6.35. The molecule has 0 fully saturated rings. The van der Waals surface area contributed by atoms with Crippen LogP contribution in [-0.2, 0) is 0 Å². The normalized spacial score (nSPS) is 13.5. The minimum absolute atomic E-state index is 0.400. The maximum Gasteiger partial charge on any atom is 0.146 e. The van der Waals surface area contributed by atoms with Crippen LogP contribution in [0, 0.1) is 0 Å². The summed E-state index contributed by atoms with van der Waals surface area (Å²) in [4.78, 5) is 3.92. The summed E-state index contributed by atoms with van der Waals surface area (Å²) in [5, 5.41) is 15.6. The molecule has 0 spiro atoms. The number of nitrogens with zero attached hydrogens (tertiary/aromatic N) is 3. The molecule has 0 aliphatic rings. The van der Waals surface area contributed by atoms with Crippen LogP contribution in [0.2, 0.25) is 15.1 Å². The van der Waals surface area contributed by atoms with Gasteiger partial charge in [0, 0.05) is 10.0 Å². The largest absolute Gasteiger partial charge is 0.456 e. The summed E-state index contributed by atoms with van der Waals surface area (Å²) in [7, 11) is 0. The zero-order chi connectivity index (χ0) is 18.0. The van der Waals surface area contributed by atoms with E-state index in [1.165, 1.54) is 12.7 Å². The Balaban J connectivity index is 1.90. The fraction of sp³-hybridized carbons (Fsp3) is 0.176. The fourth-order valence-corrected chi connectivity index (χ4v) is 3.21. The number of rotatable bonds is 5. The molecule has 1 aromatic heterocycles. The lowest BCUT2D eigenvalue weighted by Crippen LogP contribution is -2.23. The van der Waals surface area contributed by atoms with Crippen LogP contribution in [0.1, 0.15) is 18.5 Å². The average molecular weight is 399 g/mol. The third-order valence-corrected chi connectivity index (χ3v) is 4.45. The highest BCUT2D eigenvalue weighted by Crippen LogP contribution is 2.35. The lowest BCUT2D eigenvalue weighted by atomic mass is 10.0. The van der Waals surface area contributed by atoms with Gasteiger partial charge in [-0.15, -0.1) is 0 Å². The Bertz CT molecular complexity index is 870. The van der Waals surface area contributed by atoms with Crippen LogP contribution in [0.15, 0.2) is 49.1 Å². The molecule has 0 aliphatic heterocycles. The number of halogens is 3. The Morgan fingerprint density at radius 1 is 1.08 bits per heavy atom. The van der Waals surface area contributed by atoms with E-state index in [9.17, 15) is 5.11 Å². The summed E-state index contributed by atoms with van der Waals surface area (Å²) in [6.45, 7) is 1.67. The molecule has 3 aromatic rings. The summed E-state index contributed by atoms with van der Waals surface area (Å²) in [5.74, 6) is 0.985. The van der Waals surface area contributed by atoms with Gasteiger partial charge in [0.15, 0.2) is 0 Å². The molecule has 0 saturated carbocycles. The molecule has 1 N–H and O–H groups in total. The molecule has 2 atom stereocenters. The van der Waals surface area contributed by atoms with Crippen molar-refractivity contribution in [1.82, 2.24) is 14.8 Å².